The van der Waals surface area contributed by atoms with E-state index in [9.17, 15) is 9.59 Å². The molecule has 0 fully saturated rings. The predicted molar refractivity (Wildman–Crippen MR) is 80.4 cm³/mol. The maximum absolute atomic E-state index is 12.3. The number of urea groups is 1. The van der Waals surface area contributed by atoms with E-state index in [0.717, 1.165) is 4.90 Å². The molecular formula is C14H10BrN3O3. The van der Waals surface area contributed by atoms with Gasteiger partial charge in [-0.2, -0.15) is 0 Å². The average Bonchev–Trinajstić information content (AvgIpc) is 2.47. The molecule has 21 heavy (non-hydrogen) atoms. The van der Waals surface area contributed by atoms with Gasteiger partial charge in [-0.15, -0.1) is 0 Å². The van der Waals surface area contributed by atoms with Gasteiger partial charge in [-0.25, -0.2) is 14.7 Å². The van der Waals surface area contributed by atoms with Crippen LogP contribution in [-0.4, -0.2) is 23.5 Å². The Morgan fingerprint density at radius 1 is 1.24 bits per heavy atom. The van der Waals surface area contributed by atoms with Gasteiger partial charge in [0.1, 0.15) is 4.60 Å². The van der Waals surface area contributed by atoms with Crippen molar-refractivity contribution in [3.05, 3.63) is 47.1 Å². The molecular weight excluding hydrogens is 338 g/mol. The third-order valence-corrected chi connectivity index (χ3v) is 3.29. The first-order valence-corrected chi connectivity index (χ1v) is 6.93. The van der Waals surface area contributed by atoms with Crippen LogP contribution in [0.2, 0.25) is 0 Å². The molecule has 1 aromatic heterocycles. The van der Waals surface area contributed by atoms with Crippen molar-refractivity contribution in [2.45, 2.75) is 0 Å². The van der Waals surface area contributed by atoms with Gasteiger partial charge in [0.25, 0.3) is 5.91 Å². The van der Waals surface area contributed by atoms with Gasteiger partial charge in [0, 0.05) is 5.69 Å². The molecule has 2 heterocycles. The number of aromatic nitrogens is 1. The molecule has 7 heteroatoms. The summed E-state index contributed by atoms with van der Waals surface area (Å²) in [6.45, 7) is -0.196. The second-order valence-electron chi connectivity index (χ2n) is 4.27. The fraction of sp³-hybridized carbons (Fsp3) is 0.0714. The Bertz CT molecular complexity index is 706. The molecule has 1 aromatic carbocycles. The van der Waals surface area contributed by atoms with Crippen molar-refractivity contribution in [3.63, 3.8) is 0 Å². The van der Waals surface area contributed by atoms with E-state index in [1.54, 1.807) is 36.4 Å². The summed E-state index contributed by atoms with van der Waals surface area (Å²) < 4.78 is 5.78. The Labute approximate surface area is 128 Å². The molecule has 0 radical (unpaired) electrons. The molecule has 0 atom stereocenters. The molecule has 0 saturated heterocycles. The molecule has 0 saturated carbocycles. The van der Waals surface area contributed by atoms with E-state index in [1.807, 2.05) is 6.07 Å². The van der Waals surface area contributed by atoms with Crippen molar-refractivity contribution in [2.24, 2.45) is 0 Å². The number of rotatable bonds is 1. The highest BCUT2D eigenvalue weighted by Crippen LogP contribution is 2.31. The number of benzene rings is 1. The maximum Gasteiger partial charge on any atom is 0.334 e. The van der Waals surface area contributed by atoms with Gasteiger partial charge in [0.2, 0.25) is 0 Å². The first-order chi connectivity index (χ1) is 10.1. The van der Waals surface area contributed by atoms with Crippen molar-refractivity contribution >= 4 is 39.4 Å². The monoisotopic (exact) mass is 347 g/mol. The van der Waals surface area contributed by atoms with Gasteiger partial charge in [-0.3, -0.25) is 4.79 Å². The SMILES string of the molecule is O=C1COc2ccc(Br)nc2N1C(=O)Nc1ccccc1. The zero-order valence-corrected chi connectivity index (χ0v) is 12.3. The predicted octanol–water partition coefficient (Wildman–Crippen LogP) is 2.80. The van der Waals surface area contributed by atoms with Crippen LogP contribution in [0.1, 0.15) is 0 Å². The van der Waals surface area contributed by atoms with Crippen molar-refractivity contribution in [1.82, 2.24) is 4.98 Å². The number of carbonyl (C=O) groups is 2. The summed E-state index contributed by atoms with van der Waals surface area (Å²) in [7, 11) is 0. The first kappa shape index (κ1) is 13.6. The van der Waals surface area contributed by atoms with E-state index in [4.69, 9.17) is 4.74 Å². The van der Waals surface area contributed by atoms with E-state index < -0.39 is 11.9 Å². The number of hydrogen-bond donors (Lipinski definition) is 1. The number of imide groups is 1. The van der Waals surface area contributed by atoms with Gasteiger partial charge >= 0.3 is 6.03 Å². The van der Waals surface area contributed by atoms with E-state index in [-0.39, 0.29) is 12.4 Å². The quantitative estimate of drug-likeness (QED) is 0.805. The highest BCUT2D eigenvalue weighted by molar-refractivity contribution is 9.10. The van der Waals surface area contributed by atoms with Gasteiger partial charge in [-0.1, -0.05) is 18.2 Å². The summed E-state index contributed by atoms with van der Waals surface area (Å²) in [5, 5.41) is 2.66. The molecule has 0 aliphatic carbocycles. The molecule has 1 aliphatic rings. The van der Waals surface area contributed by atoms with Crippen LogP contribution in [0.4, 0.5) is 16.3 Å². The van der Waals surface area contributed by atoms with Crippen LogP contribution in [-0.2, 0) is 4.79 Å². The highest BCUT2D eigenvalue weighted by Gasteiger charge is 2.32. The molecule has 3 amide bonds. The Kier molecular flexibility index (Phi) is 3.57. The van der Waals surface area contributed by atoms with Crippen LogP contribution in [0.15, 0.2) is 47.1 Å². The third kappa shape index (κ3) is 2.73. The number of ether oxygens (including phenoxy) is 1. The molecule has 2 aromatic rings. The van der Waals surface area contributed by atoms with Crippen LogP contribution in [0.5, 0.6) is 5.75 Å². The van der Waals surface area contributed by atoms with Crippen LogP contribution < -0.4 is 15.0 Å². The largest absolute Gasteiger partial charge is 0.480 e. The van der Waals surface area contributed by atoms with Gasteiger partial charge < -0.3 is 10.1 Å². The summed E-state index contributed by atoms with van der Waals surface area (Å²) in [5.74, 6) is 0.0941. The van der Waals surface area contributed by atoms with E-state index in [0.29, 0.717) is 16.0 Å². The van der Waals surface area contributed by atoms with Gasteiger partial charge in [0.05, 0.1) is 0 Å². The molecule has 0 bridgehead atoms. The Balaban J connectivity index is 1.92. The number of nitrogens with zero attached hydrogens (tertiary/aromatic N) is 2. The van der Waals surface area contributed by atoms with Crippen LogP contribution in [0, 0.1) is 0 Å². The second kappa shape index (κ2) is 5.53. The number of carbonyl (C=O) groups excluding carboxylic acids is 2. The van der Waals surface area contributed by atoms with Crippen molar-refractivity contribution in [2.75, 3.05) is 16.8 Å². The fourth-order valence-corrected chi connectivity index (χ4v) is 2.22. The summed E-state index contributed by atoms with van der Waals surface area (Å²) in [6.07, 6.45) is 0. The molecule has 0 spiro atoms. The average molecular weight is 348 g/mol. The normalized spacial score (nSPS) is 13.4. The van der Waals surface area contributed by atoms with Gasteiger partial charge in [-0.05, 0) is 40.2 Å². The second-order valence-corrected chi connectivity index (χ2v) is 5.08. The summed E-state index contributed by atoms with van der Waals surface area (Å²) in [5.41, 5.74) is 0.596. The number of para-hydroxylation sites is 1. The smallest absolute Gasteiger partial charge is 0.334 e. The topological polar surface area (TPSA) is 71.5 Å². The number of amides is 3. The Morgan fingerprint density at radius 2 is 2.00 bits per heavy atom. The van der Waals surface area contributed by atoms with E-state index in [2.05, 4.69) is 26.2 Å². The lowest BCUT2D eigenvalue weighted by molar-refractivity contribution is -0.120. The van der Waals surface area contributed by atoms with Crippen molar-refractivity contribution in [3.8, 4) is 5.75 Å². The molecule has 3 rings (SSSR count). The summed E-state index contributed by atoms with van der Waals surface area (Å²) >= 11 is 3.22. The minimum absolute atomic E-state index is 0.175. The standard InChI is InChI=1S/C14H10BrN3O3/c15-11-7-6-10-13(17-11)18(12(19)8-21-10)14(20)16-9-4-2-1-3-5-9/h1-7H,8H2,(H,16,20). The fourth-order valence-electron chi connectivity index (χ4n) is 1.92. The first-order valence-electron chi connectivity index (χ1n) is 6.13. The number of hydrogen-bond acceptors (Lipinski definition) is 4. The molecule has 1 aliphatic heterocycles. The summed E-state index contributed by atoms with van der Waals surface area (Å²) in [4.78, 5) is 29.4. The van der Waals surface area contributed by atoms with Crippen LogP contribution in [0.25, 0.3) is 0 Å². The zero-order chi connectivity index (χ0) is 14.8. The van der Waals surface area contributed by atoms with E-state index in [1.165, 1.54) is 0 Å². The zero-order valence-electron chi connectivity index (χ0n) is 10.7. The van der Waals surface area contributed by atoms with Gasteiger partial charge in [0.15, 0.2) is 18.2 Å². The minimum atomic E-state index is -0.568. The van der Waals surface area contributed by atoms with Crippen LogP contribution >= 0.6 is 15.9 Å². The van der Waals surface area contributed by atoms with Crippen LogP contribution in [0.3, 0.4) is 0 Å². The molecule has 6 nitrogen and oxygen atoms in total. The lowest BCUT2D eigenvalue weighted by atomic mass is 10.3. The minimum Gasteiger partial charge on any atom is -0.480 e. The Hall–Kier alpha value is -2.41. The number of nitrogens with one attached hydrogen (secondary N) is 1. The third-order valence-electron chi connectivity index (χ3n) is 2.85. The number of fused-ring (bicyclic) bond motifs is 1. The Morgan fingerprint density at radius 3 is 2.76 bits per heavy atom. The maximum atomic E-state index is 12.3. The highest BCUT2D eigenvalue weighted by atomic mass is 79.9. The van der Waals surface area contributed by atoms with E-state index >= 15 is 0 Å². The molecule has 106 valence electrons. The lowest BCUT2D eigenvalue weighted by Gasteiger charge is -2.26. The summed E-state index contributed by atoms with van der Waals surface area (Å²) in [6, 6.07) is 11.7. The number of anilines is 2. The number of halogens is 1. The van der Waals surface area contributed by atoms with Crippen molar-refractivity contribution in [1.29, 1.82) is 0 Å². The molecule has 1 N–H and O–H groups in total. The lowest BCUT2D eigenvalue weighted by Crippen LogP contribution is -2.46. The number of pyridine rings is 1. The molecule has 0 unspecified atom stereocenters. The van der Waals surface area contributed by atoms with Crippen molar-refractivity contribution < 1.29 is 14.3 Å².